The molecule has 0 radical (unpaired) electrons. The van der Waals surface area contributed by atoms with Crippen LogP contribution in [0.15, 0.2) is 30.7 Å². The Labute approximate surface area is 130 Å². The molecule has 1 aliphatic rings. The monoisotopic (exact) mass is 300 g/mol. The van der Waals surface area contributed by atoms with E-state index in [-0.39, 0.29) is 6.10 Å². The number of methoxy groups -OCH3 is 1. The average molecular weight is 300 g/mol. The first-order chi connectivity index (χ1) is 10.7. The summed E-state index contributed by atoms with van der Waals surface area (Å²) < 4.78 is 10.8. The number of pyridine rings is 1. The maximum atomic E-state index is 5.85. The normalized spacial score (nSPS) is 19.1. The Balaban J connectivity index is 1.63. The van der Waals surface area contributed by atoms with E-state index in [9.17, 15) is 0 Å². The van der Waals surface area contributed by atoms with Crippen molar-refractivity contribution in [2.24, 2.45) is 0 Å². The predicted molar refractivity (Wildman–Crippen MR) is 81.5 cm³/mol. The Morgan fingerprint density at radius 2 is 2.05 bits per heavy atom. The van der Waals surface area contributed by atoms with Gasteiger partial charge in [0.2, 0.25) is 0 Å². The molecule has 2 aromatic rings. The third kappa shape index (κ3) is 3.58. The van der Waals surface area contributed by atoms with Gasteiger partial charge < -0.3 is 9.47 Å². The van der Waals surface area contributed by atoms with Gasteiger partial charge in [-0.05, 0) is 18.6 Å². The topological polar surface area (TPSA) is 60.4 Å². The summed E-state index contributed by atoms with van der Waals surface area (Å²) >= 11 is 0. The van der Waals surface area contributed by atoms with Crippen molar-refractivity contribution in [2.45, 2.75) is 19.6 Å². The van der Waals surface area contributed by atoms with E-state index in [1.807, 2.05) is 19.2 Å². The number of hydrogen-bond donors (Lipinski definition) is 0. The molecule has 0 N–H and O–H groups in total. The highest BCUT2D eigenvalue weighted by atomic mass is 16.5. The molecular formula is C16H20N4O2. The van der Waals surface area contributed by atoms with E-state index >= 15 is 0 Å². The number of nitrogens with zero attached hydrogens (tertiary/aromatic N) is 4. The minimum absolute atomic E-state index is 0.0218. The number of ether oxygens (including phenoxy) is 2. The Hall–Kier alpha value is -2.05. The Kier molecular flexibility index (Phi) is 4.60. The predicted octanol–water partition coefficient (Wildman–Crippen LogP) is 1.76. The summed E-state index contributed by atoms with van der Waals surface area (Å²) in [4.78, 5) is 15.1. The maximum Gasteiger partial charge on any atom is 0.316 e. The van der Waals surface area contributed by atoms with Crippen LogP contribution in [-0.2, 0) is 11.3 Å². The number of rotatable bonds is 4. The summed E-state index contributed by atoms with van der Waals surface area (Å²) in [6.45, 7) is 5.26. The van der Waals surface area contributed by atoms with Crippen LogP contribution in [0.25, 0.3) is 0 Å². The van der Waals surface area contributed by atoms with Gasteiger partial charge in [0.05, 0.1) is 19.4 Å². The molecule has 0 aromatic carbocycles. The zero-order valence-corrected chi connectivity index (χ0v) is 12.9. The molecule has 22 heavy (non-hydrogen) atoms. The Bertz CT molecular complexity index is 601. The van der Waals surface area contributed by atoms with Crippen LogP contribution in [0.2, 0.25) is 0 Å². The highest BCUT2D eigenvalue weighted by molar-refractivity contribution is 5.15. The second-order valence-corrected chi connectivity index (χ2v) is 5.43. The summed E-state index contributed by atoms with van der Waals surface area (Å²) in [6.07, 6.45) is 5.52. The largest absolute Gasteiger partial charge is 0.467 e. The fraction of sp³-hybridized carbons (Fsp3) is 0.438. The summed E-state index contributed by atoms with van der Waals surface area (Å²) in [5, 5.41) is 0. The van der Waals surface area contributed by atoms with Crippen molar-refractivity contribution in [2.75, 3.05) is 26.8 Å². The second-order valence-electron chi connectivity index (χ2n) is 5.43. The fourth-order valence-corrected chi connectivity index (χ4v) is 2.48. The number of hydrogen-bond acceptors (Lipinski definition) is 6. The summed E-state index contributed by atoms with van der Waals surface area (Å²) in [5.74, 6) is 0. The zero-order chi connectivity index (χ0) is 15.4. The minimum atomic E-state index is 0.0218. The lowest BCUT2D eigenvalue weighted by atomic mass is 10.1. The van der Waals surface area contributed by atoms with Crippen molar-refractivity contribution in [3.63, 3.8) is 0 Å². The SMILES string of the molecule is COc1ncc(CN2CCOC(c3ccc(C)cn3)C2)cn1. The molecule has 6 nitrogen and oxygen atoms in total. The van der Waals surface area contributed by atoms with Crippen molar-refractivity contribution in [3.05, 3.63) is 47.5 Å². The first kappa shape index (κ1) is 14.9. The van der Waals surface area contributed by atoms with Gasteiger partial charge >= 0.3 is 6.01 Å². The third-order valence-electron chi connectivity index (χ3n) is 3.69. The van der Waals surface area contributed by atoms with E-state index in [1.165, 1.54) is 0 Å². The van der Waals surface area contributed by atoms with E-state index in [0.29, 0.717) is 12.6 Å². The molecule has 0 saturated carbocycles. The average Bonchev–Trinajstić information content (AvgIpc) is 2.56. The van der Waals surface area contributed by atoms with Crippen LogP contribution >= 0.6 is 0 Å². The molecule has 1 fully saturated rings. The lowest BCUT2D eigenvalue weighted by Gasteiger charge is -2.32. The van der Waals surface area contributed by atoms with Crippen molar-refractivity contribution in [3.8, 4) is 6.01 Å². The molecule has 1 atom stereocenters. The van der Waals surface area contributed by atoms with Crippen molar-refractivity contribution < 1.29 is 9.47 Å². The molecule has 3 rings (SSSR count). The van der Waals surface area contributed by atoms with Gasteiger partial charge in [0.1, 0.15) is 6.10 Å². The highest BCUT2D eigenvalue weighted by Crippen LogP contribution is 2.21. The van der Waals surface area contributed by atoms with Crippen molar-refractivity contribution in [1.29, 1.82) is 0 Å². The van der Waals surface area contributed by atoms with Crippen LogP contribution in [0.5, 0.6) is 6.01 Å². The van der Waals surface area contributed by atoms with Crippen LogP contribution in [0.3, 0.4) is 0 Å². The number of morpholine rings is 1. The van der Waals surface area contributed by atoms with E-state index in [2.05, 4.69) is 25.9 Å². The Morgan fingerprint density at radius 1 is 1.23 bits per heavy atom. The molecule has 116 valence electrons. The van der Waals surface area contributed by atoms with Gasteiger partial charge in [-0.25, -0.2) is 9.97 Å². The van der Waals surface area contributed by atoms with Gasteiger partial charge in [0.25, 0.3) is 0 Å². The van der Waals surface area contributed by atoms with Crippen molar-refractivity contribution in [1.82, 2.24) is 19.9 Å². The molecule has 3 heterocycles. The molecule has 0 bridgehead atoms. The Morgan fingerprint density at radius 3 is 2.73 bits per heavy atom. The van der Waals surface area contributed by atoms with E-state index < -0.39 is 0 Å². The molecular weight excluding hydrogens is 280 g/mol. The van der Waals surface area contributed by atoms with Crippen LogP contribution < -0.4 is 4.74 Å². The summed E-state index contributed by atoms with van der Waals surface area (Å²) in [7, 11) is 1.57. The van der Waals surface area contributed by atoms with Crippen LogP contribution in [-0.4, -0.2) is 46.7 Å². The van der Waals surface area contributed by atoms with Gasteiger partial charge in [-0.1, -0.05) is 6.07 Å². The molecule has 1 unspecified atom stereocenters. The quantitative estimate of drug-likeness (QED) is 0.857. The minimum Gasteiger partial charge on any atom is -0.467 e. The first-order valence-corrected chi connectivity index (χ1v) is 7.36. The third-order valence-corrected chi connectivity index (χ3v) is 3.69. The molecule has 0 aliphatic carbocycles. The molecule has 0 spiro atoms. The first-order valence-electron chi connectivity index (χ1n) is 7.36. The van der Waals surface area contributed by atoms with Crippen LogP contribution in [0.1, 0.15) is 22.9 Å². The van der Waals surface area contributed by atoms with E-state index in [4.69, 9.17) is 9.47 Å². The van der Waals surface area contributed by atoms with Gasteiger partial charge in [-0.2, -0.15) is 0 Å². The number of aromatic nitrogens is 3. The molecule has 1 aliphatic heterocycles. The lowest BCUT2D eigenvalue weighted by Crippen LogP contribution is -2.38. The molecule has 0 amide bonds. The van der Waals surface area contributed by atoms with Gasteiger partial charge in [-0.3, -0.25) is 9.88 Å². The van der Waals surface area contributed by atoms with E-state index in [0.717, 1.165) is 36.5 Å². The highest BCUT2D eigenvalue weighted by Gasteiger charge is 2.23. The van der Waals surface area contributed by atoms with Crippen molar-refractivity contribution >= 4 is 0 Å². The molecule has 1 saturated heterocycles. The van der Waals surface area contributed by atoms with Gasteiger partial charge in [0.15, 0.2) is 0 Å². The smallest absolute Gasteiger partial charge is 0.316 e. The zero-order valence-electron chi connectivity index (χ0n) is 12.9. The second kappa shape index (κ2) is 6.81. The standard InChI is InChI=1S/C16H20N4O2/c1-12-3-4-14(17-7-12)15-11-20(5-6-22-15)10-13-8-18-16(21-2)19-9-13/h3-4,7-9,15H,5-6,10-11H2,1-2H3. The maximum absolute atomic E-state index is 5.85. The van der Waals surface area contributed by atoms with Crippen LogP contribution in [0.4, 0.5) is 0 Å². The fourth-order valence-electron chi connectivity index (χ4n) is 2.48. The molecule has 6 heteroatoms. The number of aryl methyl sites for hydroxylation is 1. The summed E-state index contributed by atoms with van der Waals surface area (Å²) in [5.41, 5.74) is 3.21. The van der Waals surface area contributed by atoms with Gasteiger partial charge in [0, 0.05) is 43.8 Å². The lowest BCUT2D eigenvalue weighted by molar-refractivity contribution is -0.0350. The molecule has 2 aromatic heterocycles. The van der Waals surface area contributed by atoms with Gasteiger partial charge in [-0.15, -0.1) is 0 Å². The van der Waals surface area contributed by atoms with Crippen LogP contribution in [0, 0.1) is 6.92 Å². The van der Waals surface area contributed by atoms with E-state index in [1.54, 1.807) is 19.5 Å². The summed E-state index contributed by atoms with van der Waals surface area (Å²) in [6, 6.07) is 4.51.